The van der Waals surface area contributed by atoms with Crippen molar-refractivity contribution in [3.05, 3.63) is 53.6 Å². The van der Waals surface area contributed by atoms with E-state index in [1.54, 1.807) is 0 Å². The summed E-state index contributed by atoms with van der Waals surface area (Å²) in [6.45, 7) is 0. The van der Waals surface area contributed by atoms with Crippen molar-refractivity contribution in [2.75, 3.05) is 5.73 Å². The molecule has 0 radical (unpaired) electrons. The second-order valence-corrected chi connectivity index (χ2v) is 3.87. The van der Waals surface area contributed by atoms with Crippen molar-refractivity contribution in [2.24, 2.45) is 0 Å². The average molecular weight is 273 g/mol. The second-order valence-electron chi connectivity index (χ2n) is 3.87. The molecular weight excluding hydrogens is 265 g/mol. The molecule has 19 heavy (non-hydrogen) atoms. The van der Waals surface area contributed by atoms with Gasteiger partial charge in [0.1, 0.15) is 11.5 Å². The molecule has 2 rings (SSSR count). The van der Waals surface area contributed by atoms with Gasteiger partial charge in [-0.15, -0.1) is 0 Å². The third-order valence-electron chi connectivity index (χ3n) is 2.65. The summed E-state index contributed by atoms with van der Waals surface area (Å²) < 4.78 is 65.3. The number of alkyl halides is 3. The molecule has 0 aliphatic rings. The summed E-state index contributed by atoms with van der Waals surface area (Å²) in [6, 6.07) is 6.24. The lowest BCUT2D eigenvalue weighted by Gasteiger charge is -2.14. The summed E-state index contributed by atoms with van der Waals surface area (Å²) in [7, 11) is 0. The molecule has 0 unspecified atom stereocenters. The van der Waals surface area contributed by atoms with E-state index in [1.807, 2.05) is 0 Å². The van der Waals surface area contributed by atoms with Crippen molar-refractivity contribution in [3.63, 3.8) is 0 Å². The standard InChI is InChI=1S/C13H8F5N/c14-10-6-5-8(11(15)12(10)19)7-3-1-2-4-9(7)13(16,17)18/h1-6H,19H2. The van der Waals surface area contributed by atoms with Gasteiger partial charge in [0, 0.05) is 5.56 Å². The quantitative estimate of drug-likeness (QED) is 0.610. The summed E-state index contributed by atoms with van der Waals surface area (Å²) in [5.74, 6) is -2.21. The Balaban J connectivity index is 2.70. The molecule has 0 aromatic heterocycles. The van der Waals surface area contributed by atoms with Crippen LogP contribution < -0.4 is 5.73 Å². The molecule has 0 saturated heterocycles. The van der Waals surface area contributed by atoms with Gasteiger partial charge in [0.15, 0.2) is 5.82 Å². The number of rotatable bonds is 1. The SMILES string of the molecule is Nc1c(F)ccc(-c2ccccc2C(F)(F)F)c1F. The highest BCUT2D eigenvalue weighted by molar-refractivity contribution is 5.72. The number of nitrogen functional groups attached to an aromatic ring is 1. The van der Waals surface area contributed by atoms with Crippen molar-refractivity contribution in [3.8, 4) is 11.1 Å². The normalized spacial score (nSPS) is 11.6. The molecule has 0 aliphatic carbocycles. The van der Waals surface area contributed by atoms with Crippen LogP contribution in [-0.2, 0) is 6.18 Å². The molecule has 2 N–H and O–H groups in total. The largest absolute Gasteiger partial charge is 0.417 e. The van der Waals surface area contributed by atoms with Crippen LogP contribution in [0, 0.1) is 11.6 Å². The molecule has 0 saturated carbocycles. The van der Waals surface area contributed by atoms with E-state index in [2.05, 4.69) is 0 Å². The van der Waals surface area contributed by atoms with Gasteiger partial charge in [0.2, 0.25) is 0 Å². The zero-order valence-corrected chi connectivity index (χ0v) is 9.43. The van der Waals surface area contributed by atoms with E-state index in [0.717, 1.165) is 24.3 Å². The van der Waals surface area contributed by atoms with E-state index >= 15 is 0 Å². The lowest BCUT2D eigenvalue weighted by Crippen LogP contribution is -2.08. The van der Waals surface area contributed by atoms with E-state index < -0.39 is 29.1 Å². The zero-order chi connectivity index (χ0) is 14.2. The topological polar surface area (TPSA) is 26.0 Å². The molecule has 0 bridgehead atoms. The van der Waals surface area contributed by atoms with Gasteiger partial charge in [-0.25, -0.2) is 8.78 Å². The first kappa shape index (κ1) is 13.3. The summed E-state index contributed by atoms with van der Waals surface area (Å²) in [4.78, 5) is 0. The van der Waals surface area contributed by atoms with E-state index in [0.29, 0.717) is 0 Å². The first-order chi connectivity index (χ1) is 8.82. The lowest BCUT2D eigenvalue weighted by atomic mass is 9.98. The Morgan fingerprint density at radius 3 is 2.11 bits per heavy atom. The van der Waals surface area contributed by atoms with Crippen LogP contribution in [0.2, 0.25) is 0 Å². The van der Waals surface area contributed by atoms with E-state index in [-0.39, 0.29) is 11.1 Å². The van der Waals surface area contributed by atoms with Gasteiger partial charge in [-0.3, -0.25) is 0 Å². The Kier molecular flexibility index (Phi) is 3.18. The van der Waals surface area contributed by atoms with Crippen molar-refractivity contribution in [1.29, 1.82) is 0 Å². The van der Waals surface area contributed by atoms with Crippen molar-refractivity contribution in [2.45, 2.75) is 6.18 Å². The minimum Gasteiger partial charge on any atom is -0.394 e. The van der Waals surface area contributed by atoms with Crippen LogP contribution in [0.1, 0.15) is 5.56 Å². The molecule has 0 atom stereocenters. The highest BCUT2D eigenvalue weighted by Crippen LogP contribution is 2.38. The zero-order valence-electron chi connectivity index (χ0n) is 9.43. The van der Waals surface area contributed by atoms with Crippen LogP contribution in [0.4, 0.5) is 27.6 Å². The molecule has 100 valence electrons. The van der Waals surface area contributed by atoms with Gasteiger partial charge in [-0.1, -0.05) is 18.2 Å². The Morgan fingerprint density at radius 1 is 0.842 bits per heavy atom. The third kappa shape index (κ3) is 2.38. The van der Waals surface area contributed by atoms with Gasteiger partial charge < -0.3 is 5.73 Å². The average Bonchev–Trinajstić information content (AvgIpc) is 2.35. The van der Waals surface area contributed by atoms with Crippen LogP contribution in [0.25, 0.3) is 11.1 Å². The molecule has 0 amide bonds. The minimum absolute atomic E-state index is 0.376. The summed E-state index contributed by atoms with van der Waals surface area (Å²) in [6.07, 6.45) is -4.63. The molecule has 0 spiro atoms. The van der Waals surface area contributed by atoms with Crippen LogP contribution >= 0.6 is 0 Å². The second kappa shape index (κ2) is 4.53. The van der Waals surface area contributed by atoms with Crippen LogP contribution in [-0.4, -0.2) is 0 Å². The van der Waals surface area contributed by atoms with Gasteiger partial charge in [-0.2, -0.15) is 13.2 Å². The molecule has 0 fully saturated rings. The smallest absolute Gasteiger partial charge is 0.394 e. The fraction of sp³-hybridized carbons (Fsp3) is 0.0769. The van der Waals surface area contributed by atoms with Crippen LogP contribution in [0.3, 0.4) is 0 Å². The Morgan fingerprint density at radius 2 is 1.47 bits per heavy atom. The van der Waals surface area contributed by atoms with Crippen LogP contribution in [0.5, 0.6) is 0 Å². The maximum absolute atomic E-state index is 13.8. The molecule has 6 heteroatoms. The van der Waals surface area contributed by atoms with Crippen LogP contribution in [0.15, 0.2) is 36.4 Å². The number of hydrogen-bond acceptors (Lipinski definition) is 1. The van der Waals surface area contributed by atoms with E-state index in [9.17, 15) is 22.0 Å². The molecular formula is C13H8F5N. The predicted molar refractivity (Wildman–Crippen MR) is 61.2 cm³/mol. The van der Waals surface area contributed by atoms with Crippen molar-refractivity contribution in [1.82, 2.24) is 0 Å². The molecule has 1 nitrogen and oxygen atoms in total. The number of benzene rings is 2. The van der Waals surface area contributed by atoms with E-state index in [1.165, 1.54) is 12.1 Å². The Hall–Kier alpha value is -2.11. The number of anilines is 1. The van der Waals surface area contributed by atoms with E-state index in [4.69, 9.17) is 5.73 Å². The fourth-order valence-electron chi connectivity index (χ4n) is 1.74. The predicted octanol–water partition coefficient (Wildman–Crippen LogP) is 4.23. The fourth-order valence-corrected chi connectivity index (χ4v) is 1.74. The summed E-state index contributed by atoms with van der Waals surface area (Å²) in [5, 5.41) is 0. The number of nitrogens with two attached hydrogens (primary N) is 1. The maximum Gasteiger partial charge on any atom is 0.417 e. The molecule has 0 heterocycles. The van der Waals surface area contributed by atoms with Gasteiger partial charge in [0.05, 0.1) is 5.56 Å². The monoisotopic (exact) mass is 273 g/mol. The number of halogens is 5. The Bertz CT molecular complexity index is 619. The maximum atomic E-state index is 13.8. The van der Waals surface area contributed by atoms with Gasteiger partial charge in [-0.05, 0) is 23.8 Å². The minimum atomic E-state index is -4.63. The van der Waals surface area contributed by atoms with Crippen molar-refractivity contribution < 1.29 is 22.0 Å². The summed E-state index contributed by atoms with van der Waals surface area (Å²) >= 11 is 0. The molecule has 0 aliphatic heterocycles. The van der Waals surface area contributed by atoms with Crippen molar-refractivity contribution >= 4 is 5.69 Å². The number of hydrogen-bond donors (Lipinski definition) is 1. The lowest BCUT2D eigenvalue weighted by molar-refractivity contribution is -0.137. The first-order valence-corrected chi connectivity index (χ1v) is 5.22. The van der Waals surface area contributed by atoms with Gasteiger partial charge >= 0.3 is 6.18 Å². The summed E-state index contributed by atoms with van der Waals surface area (Å²) in [5.41, 5.74) is 2.59. The first-order valence-electron chi connectivity index (χ1n) is 5.22. The highest BCUT2D eigenvalue weighted by atomic mass is 19.4. The van der Waals surface area contributed by atoms with Gasteiger partial charge in [0.25, 0.3) is 0 Å². The molecule has 2 aromatic carbocycles. The highest BCUT2D eigenvalue weighted by Gasteiger charge is 2.34. The third-order valence-corrected chi connectivity index (χ3v) is 2.65. The molecule has 2 aromatic rings. The Labute approximate surface area is 105 Å².